The maximum atomic E-state index is 12.5. The van der Waals surface area contributed by atoms with Crippen molar-refractivity contribution >= 4 is 17.5 Å². The molecule has 4 heteroatoms. The molecule has 3 nitrogen and oxygen atoms in total. The van der Waals surface area contributed by atoms with Crippen LogP contribution in [0.3, 0.4) is 0 Å². The van der Waals surface area contributed by atoms with Crippen LogP contribution in [0.1, 0.15) is 43.6 Å². The van der Waals surface area contributed by atoms with Gasteiger partial charge >= 0.3 is 0 Å². The average molecular weight is 307 g/mol. The monoisotopic (exact) mass is 306 g/mol. The van der Waals surface area contributed by atoms with Crippen LogP contribution in [0, 0.1) is 17.3 Å². The smallest absolute Gasteiger partial charge is 0.253 e. The summed E-state index contributed by atoms with van der Waals surface area (Å²) in [5.74, 6) is 5.59. The molecule has 0 heterocycles. The summed E-state index contributed by atoms with van der Waals surface area (Å²) in [6, 6.07) is 5.28. The van der Waals surface area contributed by atoms with Gasteiger partial charge < -0.3 is 10.6 Å². The molecule has 1 amide bonds. The van der Waals surface area contributed by atoms with Crippen LogP contribution < -0.4 is 5.73 Å². The lowest BCUT2D eigenvalue weighted by atomic mass is 9.87. The summed E-state index contributed by atoms with van der Waals surface area (Å²) in [5.41, 5.74) is 6.61. The summed E-state index contributed by atoms with van der Waals surface area (Å²) in [7, 11) is 1.81. The van der Waals surface area contributed by atoms with Gasteiger partial charge in [-0.3, -0.25) is 4.79 Å². The highest BCUT2D eigenvalue weighted by Gasteiger charge is 2.27. The molecule has 0 aliphatic heterocycles. The predicted octanol–water partition coefficient (Wildman–Crippen LogP) is 3.16. The van der Waals surface area contributed by atoms with Crippen LogP contribution in [0.15, 0.2) is 18.2 Å². The Kier molecular flexibility index (Phi) is 5.83. The van der Waals surface area contributed by atoms with Gasteiger partial charge in [0.25, 0.3) is 5.91 Å². The van der Waals surface area contributed by atoms with Gasteiger partial charge in [0.2, 0.25) is 0 Å². The first kappa shape index (κ1) is 17.6. The average Bonchev–Trinajstić information content (AvgIpc) is 2.42. The van der Waals surface area contributed by atoms with E-state index in [-0.39, 0.29) is 23.9 Å². The third kappa shape index (κ3) is 4.49. The standard InChI is InChI=1S/C17H23ClN2O/c1-12(17(2,3)4)20(5)16(21)14-9-8-13(7-6-10-19)15(18)11-14/h8-9,11-12H,10,19H2,1-5H3. The topological polar surface area (TPSA) is 46.3 Å². The van der Waals surface area contributed by atoms with Crippen molar-refractivity contribution in [2.24, 2.45) is 11.1 Å². The molecule has 21 heavy (non-hydrogen) atoms. The minimum absolute atomic E-state index is 0.0146. The third-order valence-electron chi connectivity index (χ3n) is 3.70. The van der Waals surface area contributed by atoms with E-state index in [1.807, 2.05) is 14.0 Å². The second-order valence-electron chi connectivity index (χ2n) is 6.16. The van der Waals surface area contributed by atoms with Gasteiger partial charge in [-0.25, -0.2) is 0 Å². The van der Waals surface area contributed by atoms with Crippen LogP contribution in [0.2, 0.25) is 5.02 Å². The van der Waals surface area contributed by atoms with Crippen molar-refractivity contribution in [3.8, 4) is 11.8 Å². The molecule has 0 spiro atoms. The van der Waals surface area contributed by atoms with Gasteiger partial charge in [0.1, 0.15) is 0 Å². The zero-order valence-electron chi connectivity index (χ0n) is 13.3. The van der Waals surface area contributed by atoms with Crippen LogP contribution in [-0.2, 0) is 0 Å². The first-order valence-electron chi connectivity index (χ1n) is 6.94. The van der Waals surface area contributed by atoms with Gasteiger partial charge in [-0.05, 0) is 30.5 Å². The number of amides is 1. The molecular formula is C17H23ClN2O. The number of rotatable bonds is 2. The van der Waals surface area contributed by atoms with E-state index in [2.05, 4.69) is 32.6 Å². The van der Waals surface area contributed by atoms with Gasteiger partial charge in [0.05, 0.1) is 11.6 Å². The van der Waals surface area contributed by atoms with Crippen molar-refractivity contribution < 1.29 is 4.79 Å². The van der Waals surface area contributed by atoms with Crippen LogP contribution in [0.4, 0.5) is 0 Å². The molecule has 1 aromatic rings. The van der Waals surface area contributed by atoms with E-state index in [4.69, 9.17) is 17.3 Å². The highest BCUT2D eigenvalue weighted by molar-refractivity contribution is 6.32. The van der Waals surface area contributed by atoms with E-state index < -0.39 is 0 Å². The number of hydrogen-bond donors (Lipinski definition) is 1. The fraction of sp³-hybridized carbons (Fsp3) is 0.471. The van der Waals surface area contributed by atoms with E-state index >= 15 is 0 Å². The van der Waals surface area contributed by atoms with Gasteiger partial charge in [0, 0.05) is 24.2 Å². The Morgan fingerprint density at radius 1 is 1.43 bits per heavy atom. The molecule has 0 fully saturated rings. The Balaban J connectivity index is 3.01. The number of hydrogen-bond acceptors (Lipinski definition) is 2. The molecule has 0 aromatic heterocycles. The number of benzene rings is 1. The van der Waals surface area contributed by atoms with Crippen molar-refractivity contribution in [1.29, 1.82) is 0 Å². The van der Waals surface area contributed by atoms with E-state index in [1.54, 1.807) is 23.1 Å². The van der Waals surface area contributed by atoms with Crippen molar-refractivity contribution in [2.45, 2.75) is 33.7 Å². The Hall–Kier alpha value is -1.50. The number of carbonyl (C=O) groups excluding carboxylic acids is 1. The molecule has 0 aliphatic carbocycles. The second kappa shape index (κ2) is 6.98. The maximum absolute atomic E-state index is 12.5. The molecule has 0 aliphatic rings. The summed E-state index contributed by atoms with van der Waals surface area (Å²) in [4.78, 5) is 14.3. The summed E-state index contributed by atoms with van der Waals surface area (Å²) in [6.45, 7) is 8.66. The molecule has 1 rings (SSSR count). The normalized spacial score (nSPS) is 12.3. The van der Waals surface area contributed by atoms with E-state index in [9.17, 15) is 4.79 Å². The predicted molar refractivity (Wildman–Crippen MR) is 88.4 cm³/mol. The summed E-state index contributed by atoms with van der Waals surface area (Å²) in [5, 5.41) is 0.471. The minimum Gasteiger partial charge on any atom is -0.338 e. The summed E-state index contributed by atoms with van der Waals surface area (Å²) >= 11 is 6.17. The van der Waals surface area contributed by atoms with E-state index in [0.717, 1.165) is 0 Å². The van der Waals surface area contributed by atoms with Crippen LogP contribution in [0.25, 0.3) is 0 Å². The lowest BCUT2D eigenvalue weighted by Gasteiger charge is -2.35. The lowest BCUT2D eigenvalue weighted by Crippen LogP contribution is -2.42. The second-order valence-corrected chi connectivity index (χ2v) is 6.57. The molecule has 1 unspecified atom stereocenters. The quantitative estimate of drug-likeness (QED) is 0.853. The highest BCUT2D eigenvalue weighted by atomic mass is 35.5. The lowest BCUT2D eigenvalue weighted by molar-refractivity contribution is 0.0629. The molecular weight excluding hydrogens is 284 g/mol. The molecule has 0 radical (unpaired) electrons. The fourth-order valence-electron chi connectivity index (χ4n) is 1.86. The molecule has 0 saturated carbocycles. The summed E-state index contributed by atoms with van der Waals surface area (Å²) < 4.78 is 0. The Bertz CT molecular complexity index is 579. The molecule has 0 bridgehead atoms. The Labute approximate surface area is 132 Å². The van der Waals surface area contributed by atoms with Gasteiger partial charge in [-0.15, -0.1) is 0 Å². The first-order chi connectivity index (χ1) is 9.68. The van der Waals surface area contributed by atoms with Crippen molar-refractivity contribution in [1.82, 2.24) is 4.90 Å². The third-order valence-corrected chi connectivity index (χ3v) is 4.01. The maximum Gasteiger partial charge on any atom is 0.253 e. The molecule has 1 atom stereocenters. The van der Waals surface area contributed by atoms with Crippen LogP contribution in [0.5, 0.6) is 0 Å². The minimum atomic E-state index is -0.0438. The van der Waals surface area contributed by atoms with Crippen LogP contribution >= 0.6 is 11.6 Å². The van der Waals surface area contributed by atoms with E-state index in [0.29, 0.717) is 16.1 Å². The Morgan fingerprint density at radius 3 is 2.52 bits per heavy atom. The van der Waals surface area contributed by atoms with Crippen molar-refractivity contribution in [3.63, 3.8) is 0 Å². The van der Waals surface area contributed by atoms with Gasteiger partial charge in [0.15, 0.2) is 0 Å². The molecule has 2 N–H and O–H groups in total. The number of nitrogens with two attached hydrogens (primary N) is 1. The molecule has 0 saturated heterocycles. The van der Waals surface area contributed by atoms with Crippen molar-refractivity contribution in [3.05, 3.63) is 34.3 Å². The SMILES string of the molecule is CC(N(C)C(=O)c1ccc(C#CCN)c(Cl)c1)C(C)(C)C. The van der Waals surface area contributed by atoms with Crippen molar-refractivity contribution in [2.75, 3.05) is 13.6 Å². The number of nitrogens with zero attached hydrogens (tertiary/aromatic N) is 1. The summed E-state index contributed by atoms with van der Waals surface area (Å²) in [6.07, 6.45) is 0. The molecule has 1 aromatic carbocycles. The zero-order valence-corrected chi connectivity index (χ0v) is 14.1. The highest BCUT2D eigenvalue weighted by Crippen LogP contribution is 2.25. The largest absolute Gasteiger partial charge is 0.338 e. The zero-order chi connectivity index (χ0) is 16.2. The van der Waals surface area contributed by atoms with Gasteiger partial charge in [-0.1, -0.05) is 44.2 Å². The van der Waals surface area contributed by atoms with Gasteiger partial charge in [-0.2, -0.15) is 0 Å². The molecule has 114 valence electrons. The fourth-order valence-corrected chi connectivity index (χ4v) is 2.08. The Morgan fingerprint density at radius 2 is 2.05 bits per heavy atom. The number of halogens is 1. The van der Waals surface area contributed by atoms with E-state index in [1.165, 1.54) is 0 Å². The number of carbonyl (C=O) groups is 1. The van der Waals surface area contributed by atoms with Crippen LogP contribution in [-0.4, -0.2) is 30.4 Å². The first-order valence-corrected chi connectivity index (χ1v) is 7.32.